The summed E-state index contributed by atoms with van der Waals surface area (Å²) in [7, 11) is 0. The summed E-state index contributed by atoms with van der Waals surface area (Å²) in [6.45, 7) is 4.47. The molecule has 2 nitrogen and oxygen atoms in total. The Bertz CT molecular complexity index is 498. The number of aromatic nitrogens is 2. The third kappa shape index (κ3) is 1.44. The zero-order valence-corrected chi connectivity index (χ0v) is 9.25. The predicted molar refractivity (Wildman–Crippen MR) is 62.0 cm³/mol. The number of nitrogens with zero attached hydrogens (tertiary/aromatic N) is 1. The molecular formula is C13H16N2. The van der Waals surface area contributed by atoms with Crippen LogP contribution in [0.25, 0.3) is 11.0 Å². The fourth-order valence-corrected chi connectivity index (χ4v) is 2.18. The molecule has 0 bridgehead atoms. The molecule has 2 atom stereocenters. The highest BCUT2D eigenvalue weighted by molar-refractivity contribution is 5.76. The molecule has 2 aromatic rings. The van der Waals surface area contributed by atoms with Crippen molar-refractivity contribution in [2.75, 3.05) is 0 Å². The van der Waals surface area contributed by atoms with Crippen LogP contribution in [0.2, 0.25) is 0 Å². The van der Waals surface area contributed by atoms with Crippen molar-refractivity contribution in [1.29, 1.82) is 0 Å². The molecule has 0 spiro atoms. The number of benzene rings is 1. The van der Waals surface area contributed by atoms with Crippen molar-refractivity contribution in [3.63, 3.8) is 0 Å². The van der Waals surface area contributed by atoms with Crippen molar-refractivity contribution in [2.24, 2.45) is 5.92 Å². The van der Waals surface area contributed by atoms with E-state index in [9.17, 15) is 0 Å². The Morgan fingerprint density at radius 2 is 2.27 bits per heavy atom. The molecule has 0 saturated heterocycles. The van der Waals surface area contributed by atoms with Crippen LogP contribution in [0.5, 0.6) is 0 Å². The third-order valence-corrected chi connectivity index (χ3v) is 3.43. The number of fused-ring (bicyclic) bond motifs is 1. The van der Waals surface area contributed by atoms with Gasteiger partial charge in [-0.15, -0.1) is 0 Å². The molecule has 1 aliphatic rings. The van der Waals surface area contributed by atoms with Crippen molar-refractivity contribution >= 4 is 11.0 Å². The van der Waals surface area contributed by atoms with Crippen molar-refractivity contribution in [3.05, 3.63) is 29.6 Å². The second kappa shape index (κ2) is 3.09. The average Bonchev–Trinajstić information content (AvgIpc) is 2.83. The van der Waals surface area contributed by atoms with Gasteiger partial charge in [0.05, 0.1) is 11.0 Å². The Balaban J connectivity index is 2.06. The SMILES string of the molecule is CCc1ccc2nc(C3CC3C)[nH]c2c1. The molecule has 0 radical (unpaired) electrons. The molecule has 0 amide bonds. The fraction of sp³-hybridized carbons (Fsp3) is 0.462. The smallest absolute Gasteiger partial charge is 0.110 e. The summed E-state index contributed by atoms with van der Waals surface area (Å²) in [6, 6.07) is 6.52. The second-order valence-corrected chi connectivity index (χ2v) is 4.65. The van der Waals surface area contributed by atoms with E-state index in [-0.39, 0.29) is 0 Å². The highest BCUT2D eigenvalue weighted by atomic mass is 14.9. The van der Waals surface area contributed by atoms with E-state index in [4.69, 9.17) is 0 Å². The van der Waals surface area contributed by atoms with Gasteiger partial charge in [-0.1, -0.05) is 19.9 Å². The van der Waals surface area contributed by atoms with Gasteiger partial charge in [0, 0.05) is 5.92 Å². The first kappa shape index (κ1) is 8.96. The number of hydrogen-bond acceptors (Lipinski definition) is 1. The van der Waals surface area contributed by atoms with Gasteiger partial charge >= 0.3 is 0 Å². The molecule has 1 aliphatic carbocycles. The molecule has 15 heavy (non-hydrogen) atoms. The van der Waals surface area contributed by atoms with Crippen LogP contribution in [0, 0.1) is 5.92 Å². The Kier molecular flexibility index (Phi) is 1.84. The first-order chi connectivity index (χ1) is 7.28. The first-order valence-electron chi connectivity index (χ1n) is 5.76. The average molecular weight is 200 g/mol. The van der Waals surface area contributed by atoms with E-state index < -0.39 is 0 Å². The van der Waals surface area contributed by atoms with Crippen molar-refractivity contribution < 1.29 is 0 Å². The number of H-pyrrole nitrogens is 1. The molecule has 1 heterocycles. The van der Waals surface area contributed by atoms with Crippen LogP contribution in [0.4, 0.5) is 0 Å². The van der Waals surface area contributed by atoms with Gasteiger partial charge in [-0.3, -0.25) is 0 Å². The van der Waals surface area contributed by atoms with E-state index in [1.807, 2.05) is 0 Å². The molecular weight excluding hydrogens is 184 g/mol. The molecule has 1 aromatic heterocycles. The summed E-state index contributed by atoms with van der Waals surface area (Å²) < 4.78 is 0. The number of imidazole rings is 1. The van der Waals surface area contributed by atoms with Crippen LogP contribution < -0.4 is 0 Å². The van der Waals surface area contributed by atoms with Crippen LogP contribution >= 0.6 is 0 Å². The van der Waals surface area contributed by atoms with Crippen molar-refractivity contribution in [2.45, 2.75) is 32.6 Å². The van der Waals surface area contributed by atoms with E-state index in [2.05, 4.69) is 42.0 Å². The summed E-state index contributed by atoms with van der Waals surface area (Å²) in [6.07, 6.45) is 2.38. The molecule has 78 valence electrons. The molecule has 1 saturated carbocycles. The Morgan fingerprint density at radius 3 is 2.93 bits per heavy atom. The predicted octanol–water partition coefficient (Wildman–Crippen LogP) is 3.25. The Morgan fingerprint density at radius 1 is 1.47 bits per heavy atom. The normalized spacial score (nSPS) is 24.7. The van der Waals surface area contributed by atoms with Gasteiger partial charge in [0.1, 0.15) is 5.82 Å². The highest BCUT2D eigenvalue weighted by Gasteiger charge is 2.36. The van der Waals surface area contributed by atoms with Crippen LogP contribution in [-0.2, 0) is 6.42 Å². The zero-order valence-electron chi connectivity index (χ0n) is 9.25. The molecule has 1 fully saturated rings. The topological polar surface area (TPSA) is 28.7 Å². The molecule has 2 unspecified atom stereocenters. The fourth-order valence-electron chi connectivity index (χ4n) is 2.18. The quantitative estimate of drug-likeness (QED) is 0.792. The van der Waals surface area contributed by atoms with Crippen LogP contribution in [0.15, 0.2) is 18.2 Å². The zero-order chi connectivity index (χ0) is 10.4. The summed E-state index contributed by atoms with van der Waals surface area (Å²) in [5.41, 5.74) is 3.69. The summed E-state index contributed by atoms with van der Waals surface area (Å²) in [5.74, 6) is 2.68. The maximum atomic E-state index is 4.64. The number of hydrogen-bond donors (Lipinski definition) is 1. The van der Waals surface area contributed by atoms with E-state index in [0.29, 0.717) is 5.92 Å². The molecule has 1 N–H and O–H groups in total. The highest BCUT2D eigenvalue weighted by Crippen LogP contribution is 2.45. The van der Waals surface area contributed by atoms with Gasteiger partial charge in [-0.25, -0.2) is 4.98 Å². The number of aryl methyl sites for hydroxylation is 1. The second-order valence-electron chi connectivity index (χ2n) is 4.65. The molecule has 2 heteroatoms. The maximum Gasteiger partial charge on any atom is 0.110 e. The van der Waals surface area contributed by atoms with E-state index >= 15 is 0 Å². The summed E-state index contributed by atoms with van der Waals surface area (Å²) in [4.78, 5) is 8.10. The lowest BCUT2D eigenvalue weighted by Gasteiger charge is -1.93. The van der Waals surface area contributed by atoms with Gasteiger partial charge in [0.2, 0.25) is 0 Å². The Hall–Kier alpha value is -1.31. The summed E-state index contributed by atoms with van der Waals surface area (Å²) in [5, 5.41) is 0. The maximum absolute atomic E-state index is 4.64. The standard InChI is InChI=1S/C13H16N2/c1-3-9-4-5-11-12(7-9)15-13(14-11)10-6-8(10)2/h4-5,7-8,10H,3,6H2,1-2H3,(H,14,15). The van der Waals surface area contributed by atoms with Crippen LogP contribution in [0.1, 0.15) is 37.6 Å². The lowest BCUT2D eigenvalue weighted by atomic mass is 10.1. The van der Waals surface area contributed by atoms with E-state index in [0.717, 1.165) is 17.9 Å². The lowest BCUT2D eigenvalue weighted by Crippen LogP contribution is -1.82. The van der Waals surface area contributed by atoms with Crippen molar-refractivity contribution in [3.8, 4) is 0 Å². The van der Waals surface area contributed by atoms with Gasteiger partial charge < -0.3 is 4.98 Å². The van der Waals surface area contributed by atoms with Crippen LogP contribution in [0.3, 0.4) is 0 Å². The van der Waals surface area contributed by atoms with Gasteiger partial charge in [0.15, 0.2) is 0 Å². The number of rotatable bonds is 2. The monoisotopic (exact) mass is 200 g/mol. The summed E-state index contributed by atoms with van der Waals surface area (Å²) >= 11 is 0. The number of aromatic amines is 1. The molecule has 3 rings (SSSR count). The van der Waals surface area contributed by atoms with Crippen LogP contribution in [-0.4, -0.2) is 9.97 Å². The third-order valence-electron chi connectivity index (χ3n) is 3.43. The molecule has 1 aromatic carbocycles. The van der Waals surface area contributed by atoms with Gasteiger partial charge in [-0.2, -0.15) is 0 Å². The van der Waals surface area contributed by atoms with Crippen molar-refractivity contribution in [1.82, 2.24) is 9.97 Å². The lowest BCUT2D eigenvalue weighted by molar-refractivity contribution is 0.867. The first-order valence-corrected chi connectivity index (χ1v) is 5.76. The number of nitrogens with one attached hydrogen (secondary N) is 1. The minimum atomic E-state index is 0.683. The van der Waals surface area contributed by atoms with E-state index in [1.165, 1.54) is 23.3 Å². The van der Waals surface area contributed by atoms with Gasteiger partial charge in [-0.05, 0) is 36.5 Å². The largest absolute Gasteiger partial charge is 0.342 e. The molecule has 0 aliphatic heterocycles. The van der Waals surface area contributed by atoms with Gasteiger partial charge in [0.25, 0.3) is 0 Å². The minimum Gasteiger partial charge on any atom is -0.342 e. The van der Waals surface area contributed by atoms with E-state index in [1.54, 1.807) is 0 Å². The minimum absolute atomic E-state index is 0.683. The Labute approximate surface area is 89.7 Å².